The third-order valence-corrected chi connectivity index (χ3v) is 5.26. The van der Waals surface area contributed by atoms with E-state index in [2.05, 4.69) is 10.3 Å². The predicted molar refractivity (Wildman–Crippen MR) is 104 cm³/mol. The van der Waals surface area contributed by atoms with E-state index in [9.17, 15) is 28.5 Å². The lowest BCUT2D eigenvalue weighted by Crippen LogP contribution is -2.57. The molecule has 8 nitrogen and oxygen atoms in total. The second kappa shape index (κ2) is 9.04. The summed E-state index contributed by atoms with van der Waals surface area (Å²) < 4.78 is 52.6. The van der Waals surface area contributed by atoms with Gasteiger partial charge in [0.2, 0.25) is 6.29 Å². The van der Waals surface area contributed by atoms with Crippen LogP contribution in [0.2, 0.25) is 5.02 Å². The van der Waals surface area contributed by atoms with Crippen molar-refractivity contribution >= 4 is 11.6 Å². The van der Waals surface area contributed by atoms with Crippen LogP contribution >= 0.6 is 11.6 Å². The van der Waals surface area contributed by atoms with Crippen LogP contribution in [0.4, 0.5) is 13.2 Å². The van der Waals surface area contributed by atoms with E-state index in [0.29, 0.717) is 10.8 Å². The van der Waals surface area contributed by atoms with Crippen LogP contribution in [0.1, 0.15) is 6.04 Å². The molecule has 12 heteroatoms. The fraction of sp³-hybridized carbons (Fsp3) is 0.300. The molecule has 2 heterocycles. The number of aliphatic hydroxyl groups excluding tert-OH is 3. The molecule has 170 valence electrons. The summed E-state index contributed by atoms with van der Waals surface area (Å²) in [5.41, 5.74) is -0.138. The molecule has 32 heavy (non-hydrogen) atoms. The SMILES string of the molecule is OCC1OC(Oc2ccc(Cl)cc2)[C@@H](O)C(n2cc(-c3cc(F)c(F)c(F)c3)nn2)C1O. The maximum atomic E-state index is 13.6. The first-order chi connectivity index (χ1) is 15.3. The molecule has 0 amide bonds. The summed E-state index contributed by atoms with van der Waals surface area (Å²) >= 11 is 5.84. The van der Waals surface area contributed by atoms with Crippen molar-refractivity contribution in [1.82, 2.24) is 15.0 Å². The minimum Gasteiger partial charge on any atom is -0.462 e. The molecule has 1 saturated heterocycles. The average molecular weight is 472 g/mol. The maximum absolute atomic E-state index is 13.6. The van der Waals surface area contributed by atoms with Gasteiger partial charge in [0.25, 0.3) is 0 Å². The Bertz CT molecular complexity index is 1080. The van der Waals surface area contributed by atoms with E-state index < -0.39 is 54.7 Å². The third-order valence-electron chi connectivity index (χ3n) is 5.01. The first-order valence-electron chi connectivity index (χ1n) is 9.40. The van der Waals surface area contributed by atoms with Crippen LogP contribution in [0.25, 0.3) is 11.3 Å². The van der Waals surface area contributed by atoms with Crippen molar-refractivity contribution in [2.24, 2.45) is 0 Å². The van der Waals surface area contributed by atoms with Gasteiger partial charge in [0, 0.05) is 10.6 Å². The van der Waals surface area contributed by atoms with Gasteiger partial charge in [-0.1, -0.05) is 16.8 Å². The van der Waals surface area contributed by atoms with Gasteiger partial charge in [-0.25, -0.2) is 17.9 Å². The molecule has 1 aliphatic heterocycles. The maximum Gasteiger partial charge on any atom is 0.228 e. The molecule has 1 fully saturated rings. The summed E-state index contributed by atoms with van der Waals surface area (Å²) in [6.45, 7) is -0.596. The van der Waals surface area contributed by atoms with Crippen LogP contribution in [0.15, 0.2) is 42.6 Å². The van der Waals surface area contributed by atoms with Crippen molar-refractivity contribution < 1.29 is 38.0 Å². The van der Waals surface area contributed by atoms with Crippen molar-refractivity contribution in [2.45, 2.75) is 30.6 Å². The molecule has 2 aromatic carbocycles. The Labute approximate surface area is 184 Å². The molecule has 1 aliphatic rings. The minimum atomic E-state index is -1.62. The zero-order valence-electron chi connectivity index (χ0n) is 16.1. The highest BCUT2D eigenvalue weighted by atomic mass is 35.5. The second-order valence-electron chi connectivity index (χ2n) is 7.11. The Hall–Kier alpha value is -2.70. The van der Waals surface area contributed by atoms with E-state index in [1.807, 2.05) is 0 Å². The number of halogens is 4. The van der Waals surface area contributed by atoms with Crippen LogP contribution in [0, 0.1) is 17.5 Å². The summed E-state index contributed by atoms with van der Waals surface area (Å²) in [5, 5.41) is 39.1. The second-order valence-corrected chi connectivity index (χ2v) is 7.54. The molecule has 0 aliphatic carbocycles. The predicted octanol–water partition coefficient (Wildman–Crippen LogP) is 2.07. The topological polar surface area (TPSA) is 110 Å². The van der Waals surface area contributed by atoms with Crippen LogP contribution in [0.5, 0.6) is 5.75 Å². The lowest BCUT2D eigenvalue weighted by Gasteiger charge is -2.41. The molecule has 3 N–H and O–H groups in total. The molecule has 0 saturated carbocycles. The van der Waals surface area contributed by atoms with E-state index in [0.717, 1.165) is 16.8 Å². The highest BCUT2D eigenvalue weighted by molar-refractivity contribution is 6.30. The van der Waals surface area contributed by atoms with Gasteiger partial charge in [-0.15, -0.1) is 5.10 Å². The van der Waals surface area contributed by atoms with Crippen molar-refractivity contribution in [3.63, 3.8) is 0 Å². The third kappa shape index (κ3) is 4.30. The van der Waals surface area contributed by atoms with E-state index in [1.165, 1.54) is 18.3 Å². The van der Waals surface area contributed by atoms with E-state index >= 15 is 0 Å². The summed E-state index contributed by atoms with van der Waals surface area (Å²) in [5.74, 6) is -4.12. The number of nitrogens with zero attached hydrogens (tertiary/aromatic N) is 3. The molecule has 4 unspecified atom stereocenters. The van der Waals surface area contributed by atoms with Crippen LogP contribution in [-0.4, -0.2) is 61.5 Å². The number of aliphatic hydroxyl groups is 3. The molecule has 4 rings (SSSR count). The van der Waals surface area contributed by atoms with Gasteiger partial charge in [0.05, 0.1) is 12.8 Å². The molecule has 0 spiro atoms. The Morgan fingerprint density at radius 3 is 2.34 bits per heavy atom. The van der Waals surface area contributed by atoms with Crippen LogP contribution < -0.4 is 4.74 Å². The van der Waals surface area contributed by atoms with E-state index in [1.54, 1.807) is 12.1 Å². The van der Waals surface area contributed by atoms with Crippen LogP contribution in [0.3, 0.4) is 0 Å². The zero-order valence-corrected chi connectivity index (χ0v) is 16.9. The normalized spacial score (nSPS) is 25.7. The van der Waals surface area contributed by atoms with Crippen molar-refractivity contribution in [3.05, 3.63) is 65.1 Å². The standard InChI is InChI=1S/C20H17ClF3N3O5/c21-10-1-3-11(4-2-10)31-20-19(30)17(18(29)15(8-28)32-20)27-7-14(25-26-27)9-5-12(22)16(24)13(23)6-9/h1-7,15,17-20,28-30H,8H2/t15?,17?,18?,19-,20?/m0/s1. The molecule has 5 atom stereocenters. The van der Waals surface area contributed by atoms with Gasteiger partial charge in [-0.3, -0.25) is 0 Å². The summed E-state index contributed by atoms with van der Waals surface area (Å²) in [7, 11) is 0. The lowest BCUT2D eigenvalue weighted by atomic mass is 9.96. The number of benzene rings is 2. The quantitative estimate of drug-likeness (QED) is 0.489. The summed E-state index contributed by atoms with van der Waals surface area (Å²) in [4.78, 5) is 0. The first-order valence-corrected chi connectivity index (χ1v) is 9.77. The molecular formula is C20H17ClF3N3O5. The number of aromatic nitrogens is 3. The number of hydrogen-bond acceptors (Lipinski definition) is 7. The summed E-state index contributed by atoms with van der Waals surface area (Å²) in [6.07, 6.45) is -4.16. The number of hydrogen-bond donors (Lipinski definition) is 3. The molecular weight excluding hydrogens is 455 g/mol. The number of rotatable bonds is 5. The minimum absolute atomic E-state index is 0.0376. The zero-order chi connectivity index (χ0) is 23.0. The smallest absolute Gasteiger partial charge is 0.228 e. The molecule has 3 aromatic rings. The monoisotopic (exact) mass is 471 g/mol. The Balaban J connectivity index is 1.63. The van der Waals surface area contributed by atoms with Crippen molar-refractivity contribution in [1.29, 1.82) is 0 Å². The molecule has 0 bridgehead atoms. The summed E-state index contributed by atoms with van der Waals surface area (Å²) in [6, 6.07) is 6.49. The van der Waals surface area contributed by atoms with E-state index in [4.69, 9.17) is 21.1 Å². The van der Waals surface area contributed by atoms with Gasteiger partial charge in [-0.05, 0) is 36.4 Å². The van der Waals surface area contributed by atoms with Gasteiger partial charge in [0.15, 0.2) is 17.5 Å². The highest BCUT2D eigenvalue weighted by Crippen LogP contribution is 2.32. The largest absolute Gasteiger partial charge is 0.462 e. The molecule has 0 radical (unpaired) electrons. The Morgan fingerprint density at radius 2 is 1.72 bits per heavy atom. The molecule has 1 aromatic heterocycles. The van der Waals surface area contributed by atoms with Gasteiger partial charge in [-0.2, -0.15) is 0 Å². The van der Waals surface area contributed by atoms with Crippen molar-refractivity contribution in [3.8, 4) is 17.0 Å². The number of ether oxygens (including phenoxy) is 2. The van der Waals surface area contributed by atoms with Gasteiger partial charge >= 0.3 is 0 Å². The fourth-order valence-corrected chi connectivity index (χ4v) is 3.51. The van der Waals surface area contributed by atoms with Crippen LogP contribution in [-0.2, 0) is 4.74 Å². The van der Waals surface area contributed by atoms with Crippen molar-refractivity contribution in [2.75, 3.05) is 6.61 Å². The fourth-order valence-electron chi connectivity index (χ4n) is 3.38. The van der Waals surface area contributed by atoms with E-state index in [-0.39, 0.29) is 11.3 Å². The Kier molecular flexibility index (Phi) is 6.35. The van der Waals surface area contributed by atoms with Gasteiger partial charge in [0.1, 0.15) is 35.8 Å². The highest BCUT2D eigenvalue weighted by Gasteiger charge is 2.47. The first kappa shape index (κ1) is 22.5. The average Bonchev–Trinajstić information content (AvgIpc) is 3.25. The van der Waals surface area contributed by atoms with Gasteiger partial charge < -0.3 is 24.8 Å². The lowest BCUT2D eigenvalue weighted by molar-refractivity contribution is -0.260. The Morgan fingerprint density at radius 1 is 1.06 bits per heavy atom.